The number of aryl methyl sites for hydroxylation is 1. The fourth-order valence-corrected chi connectivity index (χ4v) is 3.27. The molecule has 0 aliphatic heterocycles. The summed E-state index contributed by atoms with van der Waals surface area (Å²) in [4.78, 5) is 20.8. The molecule has 0 bridgehead atoms. The number of aromatic nitrogens is 2. The quantitative estimate of drug-likeness (QED) is 0.684. The van der Waals surface area contributed by atoms with Crippen LogP contribution in [0.5, 0.6) is 0 Å². The largest absolute Gasteiger partial charge is 0.292 e. The molecule has 2 aromatic heterocycles. The Morgan fingerprint density at radius 3 is 2.60 bits per heavy atom. The number of rotatable bonds is 4. The van der Waals surface area contributed by atoms with E-state index in [4.69, 9.17) is 0 Å². The number of nitrogens with zero attached hydrogens (tertiary/aromatic N) is 2. The van der Waals surface area contributed by atoms with Gasteiger partial charge in [0.2, 0.25) is 0 Å². The Bertz CT molecular complexity index is 731. The molecule has 0 unspecified atom stereocenters. The molecular weight excluding hydrogens is 288 g/mol. The number of Topliss-reactive ketones (excluding diaryl/α,β-unsaturated/α-hetero) is 1. The smallest absolute Gasteiger partial charge is 0.188 e. The first-order valence-corrected chi connectivity index (χ1v) is 7.93. The number of benzene rings is 1. The van der Waals surface area contributed by atoms with Gasteiger partial charge >= 0.3 is 0 Å². The van der Waals surface area contributed by atoms with Crippen molar-refractivity contribution in [3.63, 3.8) is 0 Å². The standard InChI is InChI=1S/C15H12N2OS2/c1-10-16-13(9-19-10)14(18)7-15-17-12(8-20-15)11-5-3-2-4-6-11/h2-6,8-9H,7H2,1H3. The van der Waals surface area contributed by atoms with E-state index in [1.54, 1.807) is 0 Å². The molecule has 5 heteroatoms. The summed E-state index contributed by atoms with van der Waals surface area (Å²) in [5.41, 5.74) is 2.55. The Labute approximate surface area is 125 Å². The Kier molecular flexibility index (Phi) is 3.71. The van der Waals surface area contributed by atoms with Gasteiger partial charge in [0, 0.05) is 16.3 Å². The third-order valence-electron chi connectivity index (χ3n) is 2.84. The normalized spacial score (nSPS) is 10.7. The highest BCUT2D eigenvalue weighted by atomic mass is 32.1. The SMILES string of the molecule is Cc1nc(C(=O)Cc2nc(-c3ccccc3)cs2)cs1. The lowest BCUT2D eigenvalue weighted by atomic mass is 10.2. The Hall–Kier alpha value is -1.85. The summed E-state index contributed by atoms with van der Waals surface area (Å²) in [6, 6.07) is 9.98. The van der Waals surface area contributed by atoms with Gasteiger partial charge in [0.1, 0.15) is 10.7 Å². The molecule has 0 amide bonds. The molecule has 0 radical (unpaired) electrons. The summed E-state index contributed by atoms with van der Waals surface area (Å²) >= 11 is 3.01. The monoisotopic (exact) mass is 300 g/mol. The Morgan fingerprint density at radius 2 is 1.90 bits per heavy atom. The van der Waals surface area contributed by atoms with E-state index in [2.05, 4.69) is 9.97 Å². The number of hydrogen-bond acceptors (Lipinski definition) is 5. The summed E-state index contributed by atoms with van der Waals surface area (Å²) in [5.74, 6) is 0.0308. The zero-order valence-electron chi connectivity index (χ0n) is 10.9. The average Bonchev–Trinajstić information content (AvgIpc) is 3.09. The molecule has 0 aliphatic carbocycles. The van der Waals surface area contributed by atoms with Crippen LogP contribution < -0.4 is 0 Å². The van der Waals surface area contributed by atoms with Gasteiger partial charge in [0.25, 0.3) is 0 Å². The summed E-state index contributed by atoms with van der Waals surface area (Å²) in [6.45, 7) is 1.90. The van der Waals surface area contributed by atoms with Crippen molar-refractivity contribution in [2.24, 2.45) is 0 Å². The first-order valence-electron chi connectivity index (χ1n) is 6.17. The van der Waals surface area contributed by atoms with Crippen LogP contribution in [0.3, 0.4) is 0 Å². The van der Waals surface area contributed by atoms with Gasteiger partial charge in [-0.1, -0.05) is 30.3 Å². The van der Waals surface area contributed by atoms with Crippen LogP contribution in [-0.4, -0.2) is 15.8 Å². The molecule has 1 aromatic carbocycles. The fourth-order valence-electron chi connectivity index (χ4n) is 1.85. The first-order chi connectivity index (χ1) is 9.72. The van der Waals surface area contributed by atoms with Crippen molar-refractivity contribution >= 4 is 28.5 Å². The number of thiazole rings is 2. The predicted octanol–water partition coefficient (Wildman–Crippen LogP) is 4.00. The summed E-state index contributed by atoms with van der Waals surface area (Å²) in [7, 11) is 0. The van der Waals surface area contributed by atoms with Gasteiger partial charge in [-0.2, -0.15) is 0 Å². The van der Waals surface area contributed by atoms with E-state index in [1.165, 1.54) is 22.7 Å². The van der Waals surface area contributed by atoms with Gasteiger partial charge < -0.3 is 0 Å². The highest BCUT2D eigenvalue weighted by Gasteiger charge is 2.13. The third-order valence-corrected chi connectivity index (χ3v) is 4.46. The summed E-state index contributed by atoms with van der Waals surface area (Å²) in [5, 5.41) is 5.55. The van der Waals surface area contributed by atoms with E-state index in [-0.39, 0.29) is 5.78 Å². The zero-order chi connectivity index (χ0) is 13.9. The third kappa shape index (κ3) is 2.84. The van der Waals surface area contributed by atoms with Crippen molar-refractivity contribution in [2.75, 3.05) is 0 Å². The maximum Gasteiger partial charge on any atom is 0.188 e. The molecule has 3 aromatic rings. The van der Waals surface area contributed by atoms with E-state index in [1.807, 2.05) is 48.0 Å². The molecule has 2 heterocycles. The van der Waals surface area contributed by atoms with Crippen LogP contribution in [0, 0.1) is 6.92 Å². The Balaban J connectivity index is 1.76. The number of hydrogen-bond donors (Lipinski definition) is 0. The second-order valence-electron chi connectivity index (χ2n) is 4.34. The van der Waals surface area contributed by atoms with Gasteiger partial charge in [-0.3, -0.25) is 4.79 Å². The van der Waals surface area contributed by atoms with Crippen molar-refractivity contribution in [2.45, 2.75) is 13.3 Å². The molecule has 0 saturated carbocycles. The lowest BCUT2D eigenvalue weighted by Crippen LogP contribution is -2.03. The van der Waals surface area contributed by atoms with E-state index < -0.39 is 0 Å². The van der Waals surface area contributed by atoms with E-state index >= 15 is 0 Å². The minimum atomic E-state index is 0.0308. The van der Waals surface area contributed by atoms with Gasteiger partial charge in [-0.25, -0.2) is 9.97 Å². The van der Waals surface area contributed by atoms with Crippen LogP contribution >= 0.6 is 22.7 Å². The molecule has 100 valence electrons. The molecule has 20 heavy (non-hydrogen) atoms. The average molecular weight is 300 g/mol. The summed E-state index contributed by atoms with van der Waals surface area (Å²) < 4.78 is 0. The van der Waals surface area contributed by atoms with Gasteiger partial charge in [0.15, 0.2) is 5.78 Å². The predicted molar refractivity (Wildman–Crippen MR) is 82.4 cm³/mol. The van der Waals surface area contributed by atoms with E-state index in [0.717, 1.165) is 21.3 Å². The molecule has 3 nitrogen and oxygen atoms in total. The molecule has 0 saturated heterocycles. The molecule has 3 rings (SSSR count). The first kappa shape index (κ1) is 13.1. The van der Waals surface area contributed by atoms with Crippen molar-refractivity contribution in [3.8, 4) is 11.3 Å². The maximum absolute atomic E-state index is 12.1. The van der Waals surface area contributed by atoms with E-state index in [0.29, 0.717) is 12.1 Å². The van der Waals surface area contributed by atoms with Gasteiger partial charge in [0.05, 0.1) is 17.1 Å². The van der Waals surface area contributed by atoms with Crippen LogP contribution in [0.2, 0.25) is 0 Å². The van der Waals surface area contributed by atoms with Crippen LogP contribution in [0.1, 0.15) is 20.5 Å². The maximum atomic E-state index is 12.1. The lowest BCUT2D eigenvalue weighted by molar-refractivity contribution is 0.0988. The van der Waals surface area contributed by atoms with Crippen molar-refractivity contribution in [1.29, 1.82) is 0 Å². The molecular formula is C15H12N2OS2. The fraction of sp³-hybridized carbons (Fsp3) is 0.133. The molecule has 0 N–H and O–H groups in total. The zero-order valence-corrected chi connectivity index (χ0v) is 12.5. The van der Waals surface area contributed by atoms with E-state index in [9.17, 15) is 4.79 Å². The highest BCUT2D eigenvalue weighted by molar-refractivity contribution is 7.10. The summed E-state index contributed by atoms with van der Waals surface area (Å²) in [6.07, 6.45) is 0.320. The van der Waals surface area contributed by atoms with Gasteiger partial charge in [-0.15, -0.1) is 22.7 Å². The second-order valence-corrected chi connectivity index (χ2v) is 6.35. The van der Waals surface area contributed by atoms with Crippen LogP contribution in [0.4, 0.5) is 0 Å². The second kappa shape index (κ2) is 5.64. The number of ketones is 1. The topological polar surface area (TPSA) is 42.9 Å². The molecule has 0 atom stereocenters. The molecule has 0 aliphatic rings. The van der Waals surface area contributed by atoms with Crippen molar-refractivity contribution < 1.29 is 4.79 Å². The number of carbonyl (C=O) groups is 1. The Morgan fingerprint density at radius 1 is 1.10 bits per heavy atom. The highest BCUT2D eigenvalue weighted by Crippen LogP contribution is 2.22. The van der Waals surface area contributed by atoms with Crippen LogP contribution in [-0.2, 0) is 6.42 Å². The number of carbonyl (C=O) groups excluding carboxylic acids is 1. The van der Waals surface area contributed by atoms with Crippen molar-refractivity contribution in [1.82, 2.24) is 9.97 Å². The van der Waals surface area contributed by atoms with Crippen LogP contribution in [0.25, 0.3) is 11.3 Å². The minimum absolute atomic E-state index is 0.0308. The van der Waals surface area contributed by atoms with Crippen LogP contribution in [0.15, 0.2) is 41.1 Å². The minimum Gasteiger partial charge on any atom is -0.292 e. The van der Waals surface area contributed by atoms with Crippen molar-refractivity contribution in [3.05, 3.63) is 56.8 Å². The molecule has 0 spiro atoms. The van der Waals surface area contributed by atoms with Gasteiger partial charge in [-0.05, 0) is 6.92 Å². The lowest BCUT2D eigenvalue weighted by Gasteiger charge is -1.95. The molecule has 0 fully saturated rings.